The summed E-state index contributed by atoms with van der Waals surface area (Å²) in [4.78, 5) is 32.3. The maximum atomic E-state index is 12.0. The number of carbonyl (C=O) groups excluding carboxylic acids is 2. The molecule has 0 aliphatic carbocycles. The van der Waals surface area contributed by atoms with E-state index in [0.29, 0.717) is 5.69 Å². The fourth-order valence-corrected chi connectivity index (χ4v) is 2.83. The summed E-state index contributed by atoms with van der Waals surface area (Å²) in [5.74, 6) is -1.42. The van der Waals surface area contributed by atoms with Crippen molar-refractivity contribution in [3.8, 4) is 0 Å². The lowest BCUT2D eigenvalue weighted by Gasteiger charge is -2.15. The molecular formula is C16H20N4O2S. The highest BCUT2D eigenvalue weighted by Gasteiger charge is 2.22. The van der Waals surface area contributed by atoms with Gasteiger partial charge >= 0.3 is 11.8 Å². The standard InChI is InChI=1S/C16H20N4O2S/c1-10(15-20-12(9-23-15)16(2,3)4)18-13(21)14(22)19-11-6-5-7-17-8-11/h5-10H,1-4H3,(H,18,21)(H,19,22)/t10-/m1/s1. The minimum Gasteiger partial charge on any atom is -0.339 e. The molecule has 0 radical (unpaired) electrons. The Balaban J connectivity index is 1.96. The Hall–Kier alpha value is -2.28. The molecule has 6 nitrogen and oxygen atoms in total. The molecule has 0 unspecified atom stereocenters. The van der Waals surface area contributed by atoms with Crippen molar-refractivity contribution in [2.24, 2.45) is 0 Å². The fraction of sp³-hybridized carbons (Fsp3) is 0.375. The fourth-order valence-electron chi connectivity index (χ4n) is 1.78. The van der Waals surface area contributed by atoms with Gasteiger partial charge in [-0.3, -0.25) is 14.6 Å². The molecule has 0 saturated carbocycles. The van der Waals surface area contributed by atoms with E-state index < -0.39 is 11.8 Å². The first-order valence-electron chi connectivity index (χ1n) is 7.25. The van der Waals surface area contributed by atoms with Crippen molar-refractivity contribution in [3.63, 3.8) is 0 Å². The van der Waals surface area contributed by atoms with Crippen molar-refractivity contribution in [3.05, 3.63) is 40.6 Å². The van der Waals surface area contributed by atoms with Crippen LogP contribution in [0.4, 0.5) is 5.69 Å². The Morgan fingerprint density at radius 1 is 1.26 bits per heavy atom. The Labute approximate surface area is 139 Å². The van der Waals surface area contributed by atoms with Gasteiger partial charge in [-0.2, -0.15) is 0 Å². The van der Waals surface area contributed by atoms with Crippen LogP contribution >= 0.6 is 11.3 Å². The van der Waals surface area contributed by atoms with Crippen molar-refractivity contribution in [2.45, 2.75) is 39.2 Å². The Morgan fingerprint density at radius 2 is 2.00 bits per heavy atom. The molecule has 23 heavy (non-hydrogen) atoms. The maximum Gasteiger partial charge on any atom is 0.313 e. The second-order valence-corrected chi connectivity index (χ2v) is 7.10. The Morgan fingerprint density at radius 3 is 2.57 bits per heavy atom. The van der Waals surface area contributed by atoms with E-state index in [0.717, 1.165) is 10.7 Å². The van der Waals surface area contributed by atoms with Crippen molar-refractivity contribution in [2.75, 3.05) is 5.32 Å². The summed E-state index contributed by atoms with van der Waals surface area (Å²) in [6, 6.07) is 3.01. The number of carbonyl (C=O) groups is 2. The van der Waals surface area contributed by atoms with Crippen molar-refractivity contribution in [1.82, 2.24) is 15.3 Å². The lowest BCUT2D eigenvalue weighted by molar-refractivity contribution is -0.136. The Kier molecular flexibility index (Phi) is 5.10. The first kappa shape index (κ1) is 17.1. The highest BCUT2D eigenvalue weighted by molar-refractivity contribution is 7.09. The molecule has 2 heterocycles. The van der Waals surface area contributed by atoms with Gasteiger partial charge in [0.25, 0.3) is 0 Å². The van der Waals surface area contributed by atoms with Gasteiger partial charge in [-0.25, -0.2) is 4.98 Å². The lowest BCUT2D eigenvalue weighted by Crippen LogP contribution is -2.36. The third-order valence-electron chi connectivity index (χ3n) is 3.13. The number of nitrogens with zero attached hydrogens (tertiary/aromatic N) is 2. The topological polar surface area (TPSA) is 84.0 Å². The molecule has 122 valence electrons. The summed E-state index contributed by atoms with van der Waals surface area (Å²) in [6.07, 6.45) is 3.07. The lowest BCUT2D eigenvalue weighted by atomic mass is 9.93. The summed E-state index contributed by atoms with van der Waals surface area (Å²) in [5, 5.41) is 7.91. The Bertz CT molecular complexity index is 692. The van der Waals surface area contributed by atoms with Crippen LogP contribution in [0.25, 0.3) is 0 Å². The van der Waals surface area contributed by atoms with Crippen LogP contribution in [0.3, 0.4) is 0 Å². The summed E-state index contributed by atoms with van der Waals surface area (Å²) in [7, 11) is 0. The number of hydrogen-bond acceptors (Lipinski definition) is 5. The van der Waals surface area contributed by atoms with Gasteiger partial charge < -0.3 is 10.6 Å². The van der Waals surface area contributed by atoms with Crippen LogP contribution < -0.4 is 10.6 Å². The second-order valence-electron chi connectivity index (χ2n) is 6.21. The summed E-state index contributed by atoms with van der Waals surface area (Å²) >= 11 is 1.47. The van der Waals surface area contributed by atoms with Crippen molar-refractivity contribution in [1.29, 1.82) is 0 Å². The largest absolute Gasteiger partial charge is 0.339 e. The van der Waals surface area contributed by atoms with E-state index in [-0.39, 0.29) is 11.5 Å². The number of rotatable bonds is 3. The van der Waals surface area contributed by atoms with Gasteiger partial charge in [-0.15, -0.1) is 11.3 Å². The van der Waals surface area contributed by atoms with Crippen LogP contribution in [0.5, 0.6) is 0 Å². The third kappa shape index (κ3) is 4.59. The van der Waals surface area contributed by atoms with Crippen molar-refractivity contribution >= 4 is 28.8 Å². The SMILES string of the molecule is C[C@@H](NC(=O)C(=O)Nc1cccnc1)c1nc(C(C)(C)C)cs1. The second kappa shape index (κ2) is 6.87. The van der Waals surface area contributed by atoms with E-state index in [2.05, 4.69) is 41.4 Å². The molecule has 2 aromatic rings. The zero-order valence-electron chi connectivity index (χ0n) is 13.6. The molecule has 2 rings (SSSR count). The molecule has 0 aliphatic rings. The van der Waals surface area contributed by atoms with Gasteiger partial charge in [0.2, 0.25) is 0 Å². The van der Waals surface area contributed by atoms with Gasteiger partial charge in [0.1, 0.15) is 5.01 Å². The van der Waals surface area contributed by atoms with Crippen LogP contribution in [0.1, 0.15) is 44.4 Å². The number of nitrogens with one attached hydrogen (secondary N) is 2. The van der Waals surface area contributed by atoms with E-state index in [1.165, 1.54) is 17.5 Å². The minimum absolute atomic E-state index is 0.0455. The van der Waals surface area contributed by atoms with Gasteiger partial charge in [-0.05, 0) is 19.1 Å². The van der Waals surface area contributed by atoms with E-state index in [4.69, 9.17) is 0 Å². The van der Waals surface area contributed by atoms with Crippen LogP contribution in [-0.2, 0) is 15.0 Å². The number of hydrogen-bond donors (Lipinski definition) is 2. The molecule has 0 aliphatic heterocycles. The smallest absolute Gasteiger partial charge is 0.313 e. The predicted molar refractivity (Wildman–Crippen MR) is 90.2 cm³/mol. The molecule has 0 aromatic carbocycles. The average molecular weight is 332 g/mol. The third-order valence-corrected chi connectivity index (χ3v) is 4.16. The molecule has 2 aromatic heterocycles. The van der Waals surface area contributed by atoms with E-state index in [1.807, 2.05) is 5.38 Å². The first-order valence-corrected chi connectivity index (χ1v) is 8.13. The molecular weight excluding hydrogens is 312 g/mol. The normalized spacial score (nSPS) is 12.5. The highest BCUT2D eigenvalue weighted by atomic mass is 32.1. The quantitative estimate of drug-likeness (QED) is 0.846. The van der Waals surface area contributed by atoms with E-state index in [9.17, 15) is 9.59 Å². The number of pyridine rings is 1. The molecule has 0 bridgehead atoms. The summed E-state index contributed by atoms with van der Waals surface area (Å²) < 4.78 is 0. The zero-order valence-corrected chi connectivity index (χ0v) is 14.4. The molecule has 0 fully saturated rings. The summed E-state index contributed by atoms with van der Waals surface area (Å²) in [6.45, 7) is 8.05. The number of amides is 2. The maximum absolute atomic E-state index is 12.0. The first-order chi connectivity index (χ1) is 10.8. The van der Waals surface area contributed by atoms with Gasteiger partial charge in [0, 0.05) is 17.0 Å². The monoisotopic (exact) mass is 332 g/mol. The van der Waals surface area contributed by atoms with E-state index >= 15 is 0 Å². The van der Waals surface area contributed by atoms with E-state index in [1.54, 1.807) is 25.3 Å². The number of anilines is 1. The molecule has 7 heteroatoms. The van der Waals surface area contributed by atoms with Gasteiger partial charge in [-0.1, -0.05) is 20.8 Å². The molecule has 0 saturated heterocycles. The van der Waals surface area contributed by atoms with Crippen LogP contribution in [-0.4, -0.2) is 21.8 Å². The zero-order chi connectivity index (χ0) is 17.0. The summed E-state index contributed by atoms with van der Waals surface area (Å²) in [5.41, 5.74) is 1.40. The highest BCUT2D eigenvalue weighted by Crippen LogP contribution is 2.26. The minimum atomic E-state index is -0.725. The average Bonchev–Trinajstić information content (AvgIpc) is 2.98. The molecule has 1 atom stereocenters. The number of thiazole rings is 1. The van der Waals surface area contributed by atoms with Crippen LogP contribution in [0.15, 0.2) is 29.9 Å². The van der Waals surface area contributed by atoms with Crippen LogP contribution in [0.2, 0.25) is 0 Å². The van der Waals surface area contributed by atoms with Gasteiger partial charge in [0.05, 0.1) is 23.6 Å². The van der Waals surface area contributed by atoms with Crippen molar-refractivity contribution < 1.29 is 9.59 Å². The number of aromatic nitrogens is 2. The van der Waals surface area contributed by atoms with Crippen LogP contribution in [0, 0.1) is 0 Å². The predicted octanol–water partition coefficient (Wildman–Crippen LogP) is 2.65. The molecule has 0 spiro atoms. The molecule has 2 N–H and O–H groups in total. The van der Waals surface area contributed by atoms with Gasteiger partial charge in [0.15, 0.2) is 0 Å². The molecule has 2 amide bonds.